The minimum atomic E-state index is -0.938. The van der Waals surface area contributed by atoms with Crippen LogP contribution in [0.2, 0.25) is 0 Å². The predicted octanol–water partition coefficient (Wildman–Crippen LogP) is 3.96. The number of nitro groups is 1. The lowest BCUT2D eigenvalue weighted by atomic mass is 10.0. The summed E-state index contributed by atoms with van der Waals surface area (Å²) in [7, 11) is 0. The number of nitrogens with zero attached hydrogens (tertiary/aromatic N) is 1. The van der Waals surface area contributed by atoms with Gasteiger partial charge in [0.15, 0.2) is 0 Å². The van der Waals surface area contributed by atoms with Crippen LogP contribution in [0.1, 0.15) is 34.5 Å². The molecule has 8 heteroatoms. The third-order valence-corrected chi connectivity index (χ3v) is 3.68. The van der Waals surface area contributed by atoms with Crippen LogP contribution in [0.3, 0.4) is 0 Å². The van der Waals surface area contributed by atoms with E-state index in [-0.39, 0.29) is 17.7 Å². The molecule has 0 radical (unpaired) electrons. The molecule has 0 fully saturated rings. The standard InChI is InChI=1S/C17H15ClN2O5/c1-11(19-17(22)25-10-12-6-3-2-4-7-12)13-8-5-9-14(16(18)21)15(13)20(23)24/h2-9,11H,10H2,1H3,(H,19,22). The quantitative estimate of drug-likeness (QED) is 0.476. The molecule has 7 nitrogen and oxygen atoms in total. The van der Waals surface area contributed by atoms with Crippen molar-refractivity contribution in [1.82, 2.24) is 5.32 Å². The van der Waals surface area contributed by atoms with E-state index >= 15 is 0 Å². The van der Waals surface area contributed by atoms with Crippen LogP contribution in [0.25, 0.3) is 0 Å². The number of hydrogen-bond donors (Lipinski definition) is 1. The molecule has 0 bridgehead atoms. The number of nitrogens with one attached hydrogen (secondary N) is 1. The second-order valence-corrected chi connectivity index (χ2v) is 5.55. The molecule has 0 aromatic heterocycles. The van der Waals surface area contributed by atoms with E-state index in [0.717, 1.165) is 5.56 Å². The van der Waals surface area contributed by atoms with E-state index in [2.05, 4.69) is 5.32 Å². The largest absolute Gasteiger partial charge is 0.445 e. The van der Waals surface area contributed by atoms with Crippen molar-refractivity contribution < 1.29 is 19.2 Å². The number of amides is 1. The fraction of sp³-hybridized carbons (Fsp3) is 0.176. The zero-order valence-electron chi connectivity index (χ0n) is 13.3. The monoisotopic (exact) mass is 362 g/mol. The molecule has 0 heterocycles. The van der Waals surface area contributed by atoms with Crippen molar-refractivity contribution in [3.8, 4) is 0 Å². The highest BCUT2D eigenvalue weighted by atomic mass is 35.5. The average molecular weight is 363 g/mol. The molecule has 1 N–H and O–H groups in total. The van der Waals surface area contributed by atoms with Crippen LogP contribution in [0.4, 0.5) is 10.5 Å². The van der Waals surface area contributed by atoms with Gasteiger partial charge in [-0.3, -0.25) is 14.9 Å². The fourth-order valence-electron chi connectivity index (χ4n) is 2.29. The van der Waals surface area contributed by atoms with Gasteiger partial charge in [-0.1, -0.05) is 42.5 Å². The van der Waals surface area contributed by atoms with E-state index in [1.54, 1.807) is 19.1 Å². The molecular formula is C17H15ClN2O5. The molecule has 0 aliphatic heterocycles. The molecule has 25 heavy (non-hydrogen) atoms. The van der Waals surface area contributed by atoms with Crippen LogP contribution in [0.5, 0.6) is 0 Å². The van der Waals surface area contributed by atoms with Crippen LogP contribution >= 0.6 is 11.6 Å². The molecule has 2 rings (SSSR count). The SMILES string of the molecule is CC(NC(=O)OCc1ccccc1)c1cccc(C(=O)Cl)c1[N+](=O)[O-]. The summed E-state index contributed by atoms with van der Waals surface area (Å²) in [6.07, 6.45) is -0.728. The van der Waals surface area contributed by atoms with E-state index in [1.807, 2.05) is 18.2 Å². The maximum Gasteiger partial charge on any atom is 0.407 e. The Morgan fingerprint density at radius 3 is 2.48 bits per heavy atom. The normalized spacial score (nSPS) is 11.4. The molecule has 2 aromatic rings. The summed E-state index contributed by atoms with van der Waals surface area (Å²) in [4.78, 5) is 33.9. The summed E-state index contributed by atoms with van der Waals surface area (Å²) in [5.74, 6) is 0. The summed E-state index contributed by atoms with van der Waals surface area (Å²) in [6.45, 7) is 1.62. The Hall–Kier alpha value is -2.93. The van der Waals surface area contributed by atoms with Gasteiger partial charge in [0.25, 0.3) is 10.9 Å². The third-order valence-electron chi connectivity index (χ3n) is 3.48. The molecule has 130 valence electrons. The summed E-state index contributed by atoms with van der Waals surface area (Å²) < 4.78 is 5.09. The first-order valence-electron chi connectivity index (χ1n) is 7.34. The average Bonchev–Trinajstić information content (AvgIpc) is 2.60. The van der Waals surface area contributed by atoms with Crippen LogP contribution in [0.15, 0.2) is 48.5 Å². The van der Waals surface area contributed by atoms with Crippen molar-refractivity contribution in [2.45, 2.75) is 19.6 Å². The van der Waals surface area contributed by atoms with Crippen molar-refractivity contribution >= 4 is 28.6 Å². The van der Waals surface area contributed by atoms with Crippen molar-refractivity contribution in [2.24, 2.45) is 0 Å². The van der Waals surface area contributed by atoms with E-state index in [9.17, 15) is 19.7 Å². The maximum absolute atomic E-state index is 11.9. The number of benzene rings is 2. The number of alkyl carbamates (subject to hydrolysis) is 1. The molecule has 0 saturated heterocycles. The van der Waals surface area contributed by atoms with Gasteiger partial charge in [-0.2, -0.15) is 0 Å². The maximum atomic E-state index is 11.9. The Balaban J connectivity index is 2.11. The van der Waals surface area contributed by atoms with Crippen molar-refractivity contribution in [1.29, 1.82) is 0 Å². The minimum absolute atomic E-state index is 0.0711. The number of ether oxygens (including phenoxy) is 1. The lowest BCUT2D eigenvalue weighted by molar-refractivity contribution is -0.386. The molecule has 0 aliphatic rings. The van der Waals surface area contributed by atoms with Crippen LogP contribution in [-0.4, -0.2) is 16.3 Å². The Labute approximate surface area is 148 Å². The Morgan fingerprint density at radius 1 is 1.20 bits per heavy atom. The first-order chi connectivity index (χ1) is 11.9. The highest BCUT2D eigenvalue weighted by Gasteiger charge is 2.27. The number of rotatable bonds is 6. The second kappa shape index (κ2) is 8.25. The number of carbonyl (C=O) groups excluding carboxylic acids is 2. The van der Waals surface area contributed by atoms with E-state index in [4.69, 9.17) is 16.3 Å². The molecule has 1 amide bonds. The number of carbonyl (C=O) groups is 2. The van der Waals surface area contributed by atoms with Crippen molar-refractivity contribution in [3.05, 3.63) is 75.3 Å². The van der Waals surface area contributed by atoms with Gasteiger partial charge in [-0.15, -0.1) is 0 Å². The van der Waals surface area contributed by atoms with E-state index < -0.39 is 28.0 Å². The number of nitro benzene ring substituents is 1. The number of halogens is 1. The second-order valence-electron chi connectivity index (χ2n) is 5.20. The van der Waals surface area contributed by atoms with Gasteiger partial charge >= 0.3 is 6.09 Å². The zero-order valence-corrected chi connectivity index (χ0v) is 14.0. The first-order valence-corrected chi connectivity index (χ1v) is 7.72. The lowest BCUT2D eigenvalue weighted by Crippen LogP contribution is -2.28. The van der Waals surface area contributed by atoms with Gasteiger partial charge in [-0.05, 0) is 30.2 Å². The molecular weight excluding hydrogens is 348 g/mol. The Kier molecular flexibility index (Phi) is 6.08. The van der Waals surface area contributed by atoms with Gasteiger partial charge < -0.3 is 10.1 Å². The molecule has 1 atom stereocenters. The van der Waals surface area contributed by atoms with Crippen molar-refractivity contribution in [3.63, 3.8) is 0 Å². The lowest BCUT2D eigenvalue weighted by Gasteiger charge is -2.15. The summed E-state index contributed by atoms with van der Waals surface area (Å²) in [6, 6.07) is 12.5. The fourth-order valence-corrected chi connectivity index (χ4v) is 2.44. The minimum Gasteiger partial charge on any atom is -0.445 e. The van der Waals surface area contributed by atoms with Gasteiger partial charge in [0.1, 0.15) is 12.2 Å². The zero-order chi connectivity index (χ0) is 18.4. The number of para-hydroxylation sites is 1. The smallest absolute Gasteiger partial charge is 0.407 e. The summed E-state index contributed by atoms with van der Waals surface area (Å²) >= 11 is 5.40. The van der Waals surface area contributed by atoms with Crippen molar-refractivity contribution in [2.75, 3.05) is 0 Å². The Morgan fingerprint density at radius 2 is 1.88 bits per heavy atom. The van der Waals surface area contributed by atoms with Crippen LogP contribution < -0.4 is 5.32 Å². The van der Waals surface area contributed by atoms with Gasteiger partial charge in [0, 0.05) is 0 Å². The molecule has 1 unspecified atom stereocenters. The third kappa shape index (κ3) is 4.77. The highest BCUT2D eigenvalue weighted by molar-refractivity contribution is 6.68. The van der Waals surface area contributed by atoms with Crippen LogP contribution in [0, 0.1) is 10.1 Å². The molecule has 0 aliphatic carbocycles. The first kappa shape index (κ1) is 18.4. The van der Waals surface area contributed by atoms with E-state index in [1.165, 1.54) is 18.2 Å². The predicted molar refractivity (Wildman–Crippen MR) is 91.5 cm³/mol. The molecule has 2 aromatic carbocycles. The Bertz CT molecular complexity index is 795. The topological polar surface area (TPSA) is 98.5 Å². The van der Waals surface area contributed by atoms with Gasteiger partial charge in [-0.25, -0.2) is 4.79 Å². The van der Waals surface area contributed by atoms with E-state index in [0.29, 0.717) is 0 Å². The number of hydrogen-bond acceptors (Lipinski definition) is 5. The summed E-state index contributed by atoms with van der Waals surface area (Å²) in [5.41, 5.74) is 0.313. The van der Waals surface area contributed by atoms with Gasteiger partial charge in [0.05, 0.1) is 16.5 Å². The van der Waals surface area contributed by atoms with Gasteiger partial charge in [0.2, 0.25) is 0 Å². The molecule has 0 spiro atoms. The summed E-state index contributed by atoms with van der Waals surface area (Å²) in [5, 5.41) is 12.9. The molecule has 0 saturated carbocycles. The van der Waals surface area contributed by atoms with Crippen LogP contribution in [-0.2, 0) is 11.3 Å². The highest BCUT2D eigenvalue weighted by Crippen LogP contribution is 2.30.